The largest absolute Gasteiger partial charge is 0.481 e. The highest BCUT2D eigenvalue weighted by atomic mass is 35.5. The van der Waals surface area contributed by atoms with Crippen molar-refractivity contribution in [1.82, 2.24) is 10.3 Å². The smallest absolute Gasteiger partial charge is 0.308 e. The number of amides is 1. The summed E-state index contributed by atoms with van der Waals surface area (Å²) in [6, 6.07) is 0.331. The number of carbonyl (C=O) groups is 2. The molecule has 2 N–H and O–H groups in total. The average molecular weight is 275 g/mol. The van der Waals surface area contributed by atoms with Crippen molar-refractivity contribution in [3.63, 3.8) is 0 Å². The van der Waals surface area contributed by atoms with Gasteiger partial charge < -0.3 is 10.4 Å². The van der Waals surface area contributed by atoms with Gasteiger partial charge in [-0.25, -0.2) is 9.37 Å². The maximum absolute atomic E-state index is 12.9. The van der Waals surface area contributed by atoms with Crippen LogP contribution in [0.5, 0.6) is 0 Å². The standard InChI is InChI=1S/C11H12ClFN2O3/c1-5(11(17)18)6(2)15-10(16)8-3-7(13)4-14-9(8)12/h3-6H,1-2H3,(H,15,16)(H,17,18). The fraction of sp³-hybridized carbons (Fsp3) is 0.364. The van der Waals surface area contributed by atoms with Gasteiger partial charge >= 0.3 is 5.97 Å². The molecule has 0 aromatic carbocycles. The lowest BCUT2D eigenvalue weighted by atomic mass is 10.0. The van der Waals surface area contributed by atoms with Crippen LogP contribution in [0.4, 0.5) is 4.39 Å². The van der Waals surface area contributed by atoms with E-state index in [0.29, 0.717) is 0 Å². The number of hydrogen-bond donors (Lipinski definition) is 2. The van der Waals surface area contributed by atoms with E-state index in [0.717, 1.165) is 12.3 Å². The maximum Gasteiger partial charge on any atom is 0.308 e. The number of nitrogens with one attached hydrogen (secondary N) is 1. The highest BCUT2D eigenvalue weighted by Gasteiger charge is 2.22. The predicted molar refractivity (Wildman–Crippen MR) is 62.9 cm³/mol. The Bertz CT molecular complexity index is 481. The van der Waals surface area contributed by atoms with Crippen molar-refractivity contribution in [2.45, 2.75) is 19.9 Å². The van der Waals surface area contributed by atoms with Crippen LogP contribution in [0.3, 0.4) is 0 Å². The van der Waals surface area contributed by atoms with Crippen LogP contribution in [0, 0.1) is 11.7 Å². The van der Waals surface area contributed by atoms with Gasteiger partial charge in [-0.2, -0.15) is 0 Å². The number of aromatic nitrogens is 1. The van der Waals surface area contributed by atoms with Crippen LogP contribution < -0.4 is 5.32 Å². The molecule has 1 amide bonds. The van der Waals surface area contributed by atoms with Gasteiger partial charge in [-0.3, -0.25) is 9.59 Å². The lowest BCUT2D eigenvalue weighted by Gasteiger charge is -2.17. The van der Waals surface area contributed by atoms with E-state index >= 15 is 0 Å². The second-order valence-electron chi connectivity index (χ2n) is 3.88. The van der Waals surface area contributed by atoms with Crippen LogP contribution in [0.1, 0.15) is 24.2 Å². The minimum absolute atomic E-state index is 0.124. The molecule has 7 heteroatoms. The Morgan fingerprint density at radius 2 is 2.11 bits per heavy atom. The summed E-state index contributed by atoms with van der Waals surface area (Å²) in [5.74, 6) is -3.16. The first kappa shape index (κ1) is 14.4. The summed E-state index contributed by atoms with van der Waals surface area (Å²) in [7, 11) is 0. The second kappa shape index (κ2) is 5.77. The number of rotatable bonds is 4. The van der Waals surface area contributed by atoms with Crippen LogP contribution >= 0.6 is 11.6 Å². The SMILES string of the molecule is CC(NC(=O)c1cc(F)cnc1Cl)C(C)C(=O)O. The Balaban J connectivity index is 2.82. The van der Waals surface area contributed by atoms with Gasteiger partial charge in [0.1, 0.15) is 11.0 Å². The first-order chi connectivity index (χ1) is 8.32. The monoisotopic (exact) mass is 274 g/mol. The number of carboxylic acids is 1. The van der Waals surface area contributed by atoms with Gasteiger partial charge in [0.05, 0.1) is 17.7 Å². The zero-order valence-corrected chi connectivity index (χ0v) is 10.5. The van der Waals surface area contributed by atoms with Crippen LogP contribution in [0.15, 0.2) is 12.3 Å². The lowest BCUT2D eigenvalue weighted by Crippen LogP contribution is -2.40. The van der Waals surface area contributed by atoms with Crippen molar-refractivity contribution in [3.8, 4) is 0 Å². The quantitative estimate of drug-likeness (QED) is 0.819. The molecule has 2 atom stereocenters. The molecule has 0 saturated carbocycles. The van der Waals surface area contributed by atoms with E-state index in [1.807, 2.05) is 0 Å². The van der Waals surface area contributed by atoms with Crippen LogP contribution in [0.2, 0.25) is 5.15 Å². The Morgan fingerprint density at radius 3 is 2.67 bits per heavy atom. The number of aliphatic carboxylic acids is 1. The summed E-state index contributed by atoms with van der Waals surface area (Å²) < 4.78 is 12.9. The van der Waals surface area contributed by atoms with E-state index < -0.39 is 29.7 Å². The summed E-state index contributed by atoms with van der Waals surface area (Å²) in [5.41, 5.74) is -0.124. The van der Waals surface area contributed by atoms with E-state index in [-0.39, 0.29) is 10.7 Å². The average Bonchev–Trinajstić information content (AvgIpc) is 2.30. The third-order valence-corrected chi connectivity index (χ3v) is 2.85. The Kier molecular flexibility index (Phi) is 4.61. The highest BCUT2D eigenvalue weighted by molar-refractivity contribution is 6.32. The summed E-state index contributed by atoms with van der Waals surface area (Å²) in [4.78, 5) is 26.0. The molecule has 1 rings (SSSR count). The molecule has 0 spiro atoms. The third-order valence-electron chi connectivity index (χ3n) is 2.55. The molecular formula is C11H12ClFN2O3. The predicted octanol–water partition coefficient (Wildman–Crippen LogP) is 1.71. The first-order valence-electron chi connectivity index (χ1n) is 5.17. The Hall–Kier alpha value is -1.69. The van der Waals surface area contributed by atoms with Gasteiger partial charge in [0.25, 0.3) is 5.91 Å². The fourth-order valence-corrected chi connectivity index (χ4v) is 1.39. The normalized spacial score (nSPS) is 13.8. The number of carbonyl (C=O) groups excluding carboxylic acids is 1. The fourth-order valence-electron chi connectivity index (χ4n) is 1.21. The van der Waals surface area contributed by atoms with Gasteiger partial charge in [0.15, 0.2) is 0 Å². The second-order valence-corrected chi connectivity index (χ2v) is 4.24. The van der Waals surface area contributed by atoms with Crippen molar-refractivity contribution in [1.29, 1.82) is 0 Å². The molecule has 98 valence electrons. The van der Waals surface area contributed by atoms with Gasteiger partial charge in [0.2, 0.25) is 0 Å². The van der Waals surface area contributed by atoms with Crippen molar-refractivity contribution >= 4 is 23.5 Å². The molecule has 1 aromatic rings. The Labute approximate surface area is 108 Å². The maximum atomic E-state index is 12.9. The molecule has 0 radical (unpaired) electrons. The van der Waals surface area contributed by atoms with Gasteiger partial charge in [-0.05, 0) is 19.9 Å². The molecule has 0 saturated heterocycles. The van der Waals surface area contributed by atoms with Crippen molar-refractivity contribution in [3.05, 3.63) is 28.8 Å². The zero-order valence-electron chi connectivity index (χ0n) is 9.78. The van der Waals surface area contributed by atoms with E-state index in [9.17, 15) is 14.0 Å². The molecule has 1 aromatic heterocycles. The third kappa shape index (κ3) is 3.40. The summed E-state index contributed by atoms with van der Waals surface area (Å²) in [6.45, 7) is 3.00. The molecular weight excluding hydrogens is 263 g/mol. The van der Waals surface area contributed by atoms with Gasteiger partial charge in [0, 0.05) is 6.04 Å². The molecule has 0 bridgehead atoms. The number of carboxylic acid groups (broad SMARTS) is 1. The van der Waals surface area contributed by atoms with Crippen LogP contribution in [-0.4, -0.2) is 28.0 Å². The minimum Gasteiger partial charge on any atom is -0.481 e. The van der Waals surface area contributed by atoms with Crippen LogP contribution in [0.25, 0.3) is 0 Å². The van der Waals surface area contributed by atoms with E-state index in [1.165, 1.54) is 13.8 Å². The molecule has 2 unspecified atom stereocenters. The summed E-state index contributed by atoms with van der Waals surface area (Å²) >= 11 is 5.66. The molecule has 5 nitrogen and oxygen atoms in total. The zero-order chi connectivity index (χ0) is 13.9. The molecule has 18 heavy (non-hydrogen) atoms. The molecule has 1 heterocycles. The number of nitrogens with zero attached hydrogens (tertiary/aromatic N) is 1. The summed E-state index contributed by atoms with van der Waals surface area (Å²) in [5, 5.41) is 11.1. The molecule has 0 fully saturated rings. The molecule has 0 aliphatic carbocycles. The van der Waals surface area contributed by atoms with Gasteiger partial charge in [-0.1, -0.05) is 11.6 Å². The summed E-state index contributed by atoms with van der Waals surface area (Å²) in [6.07, 6.45) is 0.891. The van der Waals surface area contributed by atoms with Crippen molar-refractivity contribution < 1.29 is 19.1 Å². The molecule has 0 aliphatic rings. The molecule has 0 aliphatic heterocycles. The Morgan fingerprint density at radius 1 is 1.50 bits per heavy atom. The van der Waals surface area contributed by atoms with E-state index in [2.05, 4.69) is 10.3 Å². The van der Waals surface area contributed by atoms with E-state index in [4.69, 9.17) is 16.7 Å². The van der Waals surface area contributed by atoms with Crippen molar-refractivity contribution in [2.75, 3.05) is 0 Å². The lowest BCUT2D eigenvalue weighted by molar-refractivity contribution is -0.141. The number of hydrogen-bond acceptors (Lipinski definition) is 3. The van der Waals surface area contributed by atoms with E-state index in [1.54, 1.807) is 0 Å². The number of halogens is 2. The van der Waals surface area contributed by atoms with Gasteiger partial charge in [-0.15, -0.1) is 0 Å². The number of pyridine rings is 1. The van der Waals surface area contributed by atoms with Crippen molar-refractivity contribution in [2.24, 2.45) is 5.92 Å². The topological polar surface area (TPSA) is 79.3 Å². The highest BCUT2D eigenvalue weighted by Crippen LogP contribution is 2.14. The minimum atomic E-state index is -1.04. The van der Waals surface area contributed by atoms with Crippen LogP contribution in [-0.2, 0) is 4.79 Å². The first-order valence-corrected chi connectivity index (χ1v) is 5.55.